The van der Waals surface area contributed by atoms with E-state index in [1.54, 1.807) is 6.26 Å². The predicted octanol–water partition coefficient (Wildman–Crippen LogP) is -0.752. The van der Waals surface area contributed by atoms with E-state index in [1.807, 2.05) is 6.92 Å². The second-order valence-corrected chi connectivity index (χ2v) is 5.82. The van der Waals surface area contributed by atoms with Crippen LogP contribution in [-0.2, 0) is 20.3 Å². The Hall–Kier alpha value is -0.460. The quantitative estimate of drug-likeness (QED) is 0.672. The van der Waals surface area contributed by atoms with Crippen LogP contribution in [0.25, 0.3) is 0 Å². The van der Waals surface area contributed by atoms with E-state index in [0.717, 1.165) is 13.1 Å². The van der Waals surface area contributed by atoms with E-state index < -0.39 is 10.8 Å². The lowest BCUT2D eigenvalue weighted by molar-refractivity contribution is -0.124. The molecular weight excluding hydrogens is 228 g/mol. The summed E-state index contributed by atoms with van der Waals surface area (Å²) in [6.07, 6.45) is 1.98. The third-order valence-electron chi connectivity index (χ3n) is 2.57. The van der Waals surface area contributed by atoms with Crippen molar-refractivity contribution in [2.75, 3.05) is 32.5 Å². The fraction of sp³-hybridized carbons (Fsp3) is 0.900. The molecule has 1 heterocycles. The number of nitrogens with one attached hydrogen (secondary N) is 2. The number of hydrogen-bond donors (Lipinski definition) is 2. The average molecular weight is 248 g/mol. The number of carbonyl (C=O) groups is 1. The van der Waals surface area contributed by atoms with Gasteiger partial charge in [-0.05, 0) is 6.92 Å². The maximum absolute atomic E-state index is 11.5. The molecule has 1 rings (SSSR count). The first kappa shape index (κ1) is 13.6. The molecule has 0 aromatic heterocycles. The Bertz CT molecular complexity index is 254. The van der Waals surface area contributed by atoms with Gasteiger partial charge < -0.3 is 15.4 Å². The normalized spacial score (nSPS) is 24.8. The van der Waals surface area contributed by atoms with Gasteiger partial charge in [-0.1, -0.05) is 0 Å². The van der Waals surface area contributed by atoms with E-state index in [2.05, 4.69) is 10.6 Å². The van der Waals surface area contributed by atoms with E-state index >= 15 is 0 Å². The first-order chi connectivity index (χ1) is 7.59. The molecule has 1 aliphatic heterocycles. The van der Waals surface area contributed by atoms with Crippen LogP contribution in [0.3, 0.4) is 0 Å². The summed E-state index contributed by atoms with van der Waals surface area (Å²) in [5.41, 5.74) is 0. The van der Waals surface area contributed by atoms with Crippen LogP contribution >= 0.6 is 0 Å². The first-order valence-corrected chi connectivity index (χ1v) is 7.13. The highest BCUT2D eigenvalue weighted by Gasteiger charge is 2.17. The molecule has 0 spiro atoms. The third kappa shape index (κ3) is 5.05. The summed E-state index contributed by atoms with van der Waals surface area (Å²) in [5.74, 6) is -0.0361. The molecule has 3 unspecified atom stereocenters. The Labute approximate surface area is 98.8 Å². The summed E-state index contributed by atoms with van der Waals surface area (Å²) in [4.78, 5) is 11.5. The van der Waals surface area contributed by atoms with Crippen LogP contribution in [0.2, 0.25) is 0 Å². The van der Waals surface area contributed by atoms with Crippen LogP contribution in [0.4, 0.5) is 0 Å². The molecule has 6 heteroatoms. The molecule has 3 atom stereocenters. The molecule has 2 N–H and O–H groups in total. The summed E-state index contributed by atoms with van der Waals surface area (Å²) in [6.45, 7) is 4.55. The smallest absolute Gasteiger partial charge is 0.222 e. The highest BCUT2D eigenvalue weighted by atomic mass is 32.2. The lowest BCUT2D eigenvalue weighted by Crippen LogP contribution is -2.42. The molecule has 0 aliphatic carbocycles. The van der Waals surface area contributed by atoms with Gasteiger partial charge in [0.1, 0.15) is 0 Å². The van der Waals surface area contributed by atoms with Crippen molar-refractivity contribution in [2.24, 2.45) is 0 Å². The molecule has 0 radical (unpaired) electrons. The molecule has 1 amide bonds. The Morgan fingerprint density at radius 2 is 2.44 bits per heavy atom. The van der Waals surface area contributed by atoms with Gasteiger partial charge in [-0.15, -0.1) is 0 Å². The number of hydrogen-bond acceptors (Lipinski definition) is 4. The lowest BCUT2D eigenvalue weighted by atomic mass is 10.2. The van der Waals surface area contributed by atoms with Crippen LogP contribution < -0.4 is 10.6 Å². The third-order valence-corrected chi connectivity index (χ3v) is 3.87. The molecule has 1 saturated heterocycles. The zero-order valence-electron chi connectivity index (χ0n) is 9.82. The Balaban J connectivity index is 2.17. The molecule has 1 fully saturated rings. The van der Waals surface area contributed by atoms with Gasteiger partial charge >= 0.3 is 0 Å². The second-order valence-electron chi connectivity index (χ2n) is 4.01. The fourth-order valence-electron chi connectivity index (χ4n) is 1.40. The molecule has 0 aromatic carbocycles. The molecule has 5 nitrogen and oxygen atoms in total. The fourth-order valence-corrected chi connectivity index (χ4v) is 1.72. The Kier molecular flexibility index (Phi) is 5.94. The number of amides is 1. The molecule has 16 heavy (non-hydrogen) atoms. The Morgan fingerprint density at radius 1 is 1.69 bits per heavy atom. The van der Waals surface area contributed by atoms with E-state index in [9.17, 15) is 9.00 Å². The minimum absolute atomic E-state index is 0.00523. The summed E-state index contributed by atoms with van der Waals surface area (Å²) in [6, 6.07) is 0. The highest BCUT2D eigenvalue weighted by molar-refractivity contribution is 7.84. The van der Waals surface area contributed by atoms with Crippen LogP contribution in [0.1, 0.15) is 13.3 Å². The number of morpholine rings is 1. The molecule has 0 saturated carbocycles. The minimum atomic E-state index is -0.892. The van der Waals surface area contributed by atoms with Crippen molar-refractivity contribution in [2.45, 2.75) is 24.7 Å². The largest absolute Gasteiger partial charge is 0.375 e. The molecule has 0 bridgehead atoms. The molecule has 0 aromatic rings. The maximum Gasteiger partial charge on any atom is 0.222 e. The average Bonchev–Trinajstić information content (AvgIpc) is 2.27. The van der Waals surface area contributed by atoms with Gasteiger partial charge in [0.25, 0.3) is 0 Å². The zero-order chi connectivity index (χ0) is 12.0. The number of ether oxygens (including phenoxy) is 1. The maximum atomic E-state index is 11.5. The van der Waals surface area contributed by atoms with Crippen molar-refractivity contribution >= 4 is 16.7 Å². The zero-order valence-corrected chi connectivity index (χ0v) is 10.6. The Morgan fingerprint density at radius 3 is 3.00 bits per heavy atom. The van der Waals surface area contributed by atoms with Crippen LogP contribution in [0.15, 0.2) is 0 Å². The van der Waals surface area contributed by atoms with E-state index in [0.29, 0.717) is 19.6 Å². The van der Waals surface area contributed by atoms with Crippen molar-refractivity contribution in [3.05, 3.63) is 0 Å². The van der Waals surface area contributed by atoms with E-state index in [-0.39, 0.29) is 17.3 Å². The van der Waals surface area contributed by atoms with Crippen molar-refractivity contribution in [1.29, 1.82) is 0 Å². The van der Waals surface area contributed by atoms with Gasteiger partial charge in [-0.3, -0.25) is 9.00 Å². The minimum Gasteiger partial charge on any atom is -0.375 e. The van der Waals surface area contributed by atoms with Gasteiger partial charge in [0.15, 0.2) is 0 Å². The first-order valence-electron chi connectivity index (χ1n) is 5.51. The van der Waals surface area contributed by atoms with Crippen molar-refractivity contribution in [3.63, 3.8) is 0 Å². The van der Waals surface area contributed by atoms with Crippen LogP contribution in [0.5, 0.6) is 0 Å². The predicted molar refractivity (Wildman–Crippen MR) is 63.8 cm³/mol. The van der Waals surface area contributed by atoms with E-state index in [4.69, 9.17) is 4.74 Å². The van der Waals surface area contributed by atoms with Gasteiger partial charge in [0, 0.05) is 41.9 Å². The van der Waals surface area contributed by atoms with Crippen LogP contribution in [-0.4, -0.2) is 54.0 Å². The molecule has 1 aliphatic rings. The SMILES string of the molecule is CC(CNC(=O)CC1CNCCO1)S(C)=O. The number of rotatable bonds is 5. The summed E-state index contributed by atoms with van der Waals surface area (Å²) in [5, 5.41) is 5.94. The van der Waals surface area contributed by atoms with Gasteiger partial charge in [-0.2, -0.15) is 0 Å². The molecule has 94 valence electrons. The summed E-state index contributed by atoms with van der Waals surface area (Å²) in [7, 11) is -0.892. The summed E-state index contributed by atoms with van der Waals surface area (Å²) >= 11 is 0. The molecular formula is C10H20N2O3S. The van der Waals surface area contributed by atoms with Gasteiger partial charge in [0.2, 0.25) is 5.91 Å². The van der Waals surface area contributed by atoms with Crippen molar-refractivity contribution < 1.29 is 13.7 Å². The standard InChI is InChI=1S/C10H20N2O3S/c1-8(16(2)14)6-12-10(13)5-9-7-11-3-4-15-9/h8-9,11H,3-7H2,1-2H3,(H,12,13). The van der Waals surface area contributed by atoms with Crippen molar-refractivity contribution in [1.82, 2.24) is 10.6 Å². The highest BCUT2D eigenvalue weighted by Crippen LogP contribution is 2.01. The monoisotopic (exact) mass is 248 g/mol. The second kappa shape index (κ2) is 6.98. The lowest BCUT2D eigenvalue weighted by Gasteiger charge is -2.23. The van der Waals surface area contributed by atoms with Crippen LogP contribution in [0, 0.1) is 0 Å². The van der Waals surface area contributed by atoms with Gasteiger partial charge in [0.05, 0.1) is 19.1 Å². The van der Waals surface area contributed by atoms with Crippen molar-refractivity contribution in [3.8, 4) is 0 Å². The topological polar surface area (TPSA) is 67.4 Å². The van der Waals surface area contributed by atoms with Gasteiger partial charge in [-0.25, -0.2) is 0 Å². The van der Waals surface area contributed by atoms with E-state index in [1.165, 1.54) is 0 Å². The number of carbonyl (C=O) groups excluding carboxylic acids is 1. The summed E-state index contributed by atoms with van der Waals surface area (Å²) < 4.78 is 16.5.